The van der Waals surface area contributed by atoms with Gasteiger partial charge in [0.25, 0.3) is 0 Å². The largest absolute Gasteiger partial charge is 0.359 e. The number of halogens is 1. The monoisotopic (exact) mass is 281 g/mol. The fraction of sp³-hybridized carbons (Fsp3) is 0.500. The number of nitrogens with one attached hydrogen (secondary N) is 1. The SMILES string of the molecule is CCN(CC)CCN1CC(=O)Nc2cc(Cl)ccc21. The van der Waals surface area contributed by atoms with Crippen LogP contribution in [0.3, 0.4) is 0 Å². The molecule has 5 heteroatoms. The number of hydrogen-bond donors (Lipinski definition) is 1. The smallest absolute Gasteiger partial charge is 0.243 e. The van der Waals surface area contributed by atoms with Crippen LogP contribution in [0.1, 0.15) is 13.8 Å². The first kappa shape index (κ1) is 14.2. The molecule has 0 aliphatic carbocycles. The van der Waals surface area contributed by atoms with Crippen LogP contribution in [-0.4, -0.2) is 43.5 Å². The van der Waals surface area contributed by atoms with Crippen molar-refractivity contribution in [1.82, 2.24) is 4.90 Å². The summed E-state index contributed by atoms with van der Waals surface area (Å²) in [6.45, 7) is 8.59. The number of rotatable bonds is 5. The topological polar surface area (TPSA) is 35.6 Å². The number of hydrogen-bond acceptors (Lipinski definition) is 3. The Balaban J connectivity index is 2.12. The number of anilines is 2. The molecule has 0 saturated heterocycles. The number of carbonyl (C=O) groups is 1. The lowest BCUT2D eigenvalue weighted by atomic mass is 10.2. The van der Waals surface area contributed by atoms with Crippen molar-refractivity contribution < 1.29 is 4.79 Å². The summed E-state index contributed by atoms with van der Waals surface area (Å²) in [6.07, 6.45) is 0. The molecule has 1 aliphatic heterocycles. The van der Waals surface area contributed by atoms with E-state index in [1.54, 1.807) is 6.07 Å². The lowest BCUT2D eigenvalue weighted by Crippen LogP contribution is -2.42. The number of carbonyl (C=O) groups excluding carboxylic acids is 1. The predicted octanol–water partition coefficient (Wildman–Crippen LogP) is 2.44. The standard InChI is InChI=1S/C14H20ClN3O/c1-3-17(4-2)7-8-18-10-14(19)16-12-9-11(15)5-6-13(12)18/h5-6,9H,3-4,7-8,10H2,1-2H3,(H,16,19). The molecule has 0 saturated carbocycles. The van der Waals surface area contributed by atoms with E-state index in [1.165, 1.54) is 0 Å². The van der Waals surface area contributed by atoms with E-state index in [4.69, 9.17) is 11.6 Å². The first-order chi connectivity index (χ1) is 9.13. The van der Waals surface area contributed by atoms with Gasteiger partial charge in [-0.3, -0.25) is 4.79 Å². The van der Waals surface area contributed by atoms with Gasteiger partial charge in [-0.25, -0.2) is 0 Å². The van der Waals surface area contributed by atoms with Crippen molar-refractivity contribution in [2.24, 2.45) is 0 Å². The number of nitrogens with zero attached hydrogens (tertiary/aromatic N) is 2. The maximum absolute atomic E-state index is 11.7. The second-order valence-electron chi connectivity index (χ2n) is 4.66. The lowest BCUT2D eigenvalue weighted by Gasteiger charge is -2.32. The van der Waals surface area contributed by atoms with Gasteiger partial charge in [-0.15, -0.1) is 0 Å². The minimum atomic E-state index is 0.0225. The summed E-state index contributed by atoms with van der Waals surface area (Å²) in [5.74, 6) is 0.0225. The van der Waals surface area contributed by atoms with Crippen LogP contribution in [0.4, 0.5) is 11.4 Å². The van der Waals surface area contributed by atoms with Gasteiger partial charge in [-0.2, -0.15) is 0 Å². The number of fused-ring (bicyclic) bond motifs is 1. The quantitative estimate of drug-likeness (QED) is 0.900. The Hall–Kier alpha value is -1.26. The first-order valence-electron chi connectivity index (χ1n) is 6.70. The summed E-state index contributed by atoms with van der Waals surface area (Å²) < 4.78 is 0. The minimum absolute atomic E-state index is 0.0225. The molecule has 0 radical (unpaired) electrons. The fourth-order valence-corrected chi connectivity index (χ4v) is 2.51. The predicted molar refractivity (Wildman–Crippen MR) is 80.1 cm³/mol. The molecule has 4 nitrogen and oxygen atoms in total. The highest BCUT2D eigenvalue weighted by Gasteiger charge is 2.22. The fourth-order valence-electron chi connectivity index (χ4n) is 2.33. The van der Waals surface area contributed by atoms with Gasteiger partial charge < -0.3 is 15.1 Å². The Morgan fingerprint density at radius 2 is 2.11 bits per heavy atom. The average molecular weight is 282 g/mol. The molecule has 0 aromatic heterocycles. The van der Waals surface area contributed by atoms with Crippen molar-refractivity contribution in [3.63, 3.8) is 0 Å². The molecule has 104 valence electrons. The molecular formula is C14H20ClN3O. The molecule has 1 amide bonds. The van der Waals surface area contributed by atoms with Crippen LogP contribution in [0.2, 0.25) is 5.02 Å². The Labute approximate surface area is 119 Å². The number of benzene rings is 1. The highest BCUT2D eigenvalue weighted by molar-refractivity contribution is 6.31. The van der Waals surface area contributed by atoms with E-state index >= 15 is 0 Å². The molecule has 1 aromatic carbocycles. The zero-order valence-corrected chi connectivity index (χ0v) is 12.2. The van der Waals surface area contributed by atoms with Crippen LogP contribution in [0, 0.1) is 0 Å². The average Bonchev–Trinajstić information content (AvgIpc) is 2.38. The molecule has 1 N–H and O–H groups in total. The van der Waals surface area contributed by atoms with Gasteiger partial charge in [0.1, 0.15) is 0 Å². The summed E-state index contributed by atoms with van der Waals surface area (Å²) in [6, 6.07) is 5.64. The van der Waals surface area contributed by atoms with Gasteiger partial charge >= 0.3 is 0 Å². The molecule has 0 spiro atoms. The van der Waals surface area contributed by atoms with Gasteiger partial charge in [0.15, 0.2) is 0 Å². The molecule has 1 aliphatic rings. The zero-order valence-electron chi connectivity index (χ0n) is 11.4. The van der Waals surface area contributed by atoms with Crippen LogP contribution >= 0.6 is 11.6 Å². The molecule has 19 heavy (non-hydrogen) atoms. The third-order valence-corrected chi connectivity index (χ3v) is 3.72. The summed E-state index contributed by atoms with van der Waals surface area (Å²) in [7, 11) is 0. The Bertz CT molecular complexity index is 460. The van der Waals surface area contributed by atoms with E-state index in [0.717, 1.165) is 37.6 Å². The maximum atomic E-state index is 11.7. The van der Waals surface area contributed by atoms with Crippen LogP contribution in [-0.2, 0) is 4.79 Å². The zero-order chi connectivity index (χ0) is 13.8. The van der Waals surface area contributed by atoms with E-state index in [0.29, 0.717) is 11.6 Å². The van der Waals surface area contributed by atoms with E-state index in [1.807, 2.05) is 12.1 Å². The molecular weight excluding hydrogens is 262 g/mol. The van der Waals surface area contributed by atoms with Crippen molar-refractivity contribution in [3.05, 3.63) is 23.2 Å². The second kappa shape index (κ2) is 6.26. The number of likely N-dealkylation sites (N-methyl/N-ethyl adjacent to an activating group) is 1. The third-order valence-electron chi connectivity index (χ3n) is 3.49. The summed E-state index contributed by atoms with van der Waals surface area (Å²) in [5, 5.41) is 3.51. The van der Waals surface area contributed by atoms with Gasteiger partial charge in [-0.1, -0.05) is 25.4 Å². The first-order valence-corrected chi connectivity index (χ1v) is 7.08. The van der Waals surface area contributed by atoms with Crippen LogP contribution in [0.15, 0.2) is 18.2 Å². The highest BCUT2D eigenvalue weighted by atomic mass is 35.5. The lowest BCUT2D eigenvalue weighted by molar-refractivity contribution is -0.115. The second-order valence-corrected chi connectivity index (χ2v) is 5.09. The van der Waals surface area contributed by atoms with Gasteiger partial charge in [0.05, 0.1) is 17.9 Å². The normalized spacial score (nSPS) is 14.5. The van der Waals surface area contributed by atoms with Crippen molar-refractivity contribution in [1.29, 1.82) is 0 Å². The molecule has 0 fully saturated rings. The minimum Gasteiger partial charge on any atom is -0.359 e. The van der Waals surface area contributed by atoms with Gasteiger partial charge in [0.2, 0.25) is 5.91 Å². The van der Waals surface area contributed by atoms with Crippen molar-refractivity contribution in [3.8, 4) is 0 Å². The highest BCUT2D eigenvalue weighted by Crippen LogP contribution is 2.31. The van der Waals surface area contributed by atoms with E-state index in [-0.39, 0.29) is 5.91 Å². The van der Waals surface area contributed by atoms with E-state index < -0.39 is 0 Å². The molecule has 0 unspecified atom stereocenters. The van der Waals surface area contributed by atoms with Crippen LogP contribution in [0.25, 0.3) is 0 Å². The van der Waals surface area contributed by atoms with Crippen LogP contribution < -0.4 is 10.2 Å². The summed E-state index contributed by atoms with van der Waals surface area (Å²) >= 11 is 5.97. The Morgan fingerprint density at radius 1 is 1.37 bits per heavy atom. The van der Waals surface area contributed by atoms with Crippen molar-refractivity contribution in [2.45, 2.75) is 13.8 Å². The van der Waals surface area contributed by atoms with Crippen LogP contribution in [0.5, 0.6) is 0 Å². The molecule has 1 aromatic rings. The van der Waals surface area contributed by atoms with Crippen molar-refractivity contribution in [2.75, 3.05) is 42.9 Å². The summed E-state index contributed by atoms with van der Waals surface area (Å²) in [5.41, 5.74) is 1.86. The maximum Gasteiger partial charge on any atom is 0.243 e. The number of amides is 1. The van der Waals surface area contributed by atoms with Crippen molar-refractivity contribution >= 4 is 28.9 Å². The molecule has 0 atom stereocenters. The third kappa shape index (κ3) is 3.39. The van der Waals surface area contributed by atoms with E-state index in [2.05, 4.69) is 29.0 Å². The molecule has 0 bridgehead atoms. The Kier molecular flexibility index (Phi) is 4.66. The van der Waals surface area contributed by atoms with Gasteiger partial charge in [0, 0.05) is 18.1 Å². The molecule has 1 heterocycles. The Morgan fingerprint density at radius 3 is 2.79 bits per heavy atom. The molecule has 2 rings (SSSR count). The summed E-state index contributed by atoms with van der Waals surface area (Å²) in [4.78, 5) is 16.2. The van der Waals surface area contributed by atoms with Gasteiger partial charge in [-0.05, 0) is 31.3 Å². The van der Waals surface area contributed by atoms with E-state index in [9.17, 15) is 4.79 Å².